The second-order valence-corrected chi connectivity index (χ2v) is 8.27. The van der Waals surface area contributed by atoms with Gasteiger partial charge < -0.3 is 33.8 Å². The maximum Gasteiger partial charge on any atom is 0.170 e. The van der Waals surface area contributed by atoms with E-state index >= 15 is 0 Å². The Morgan fingerprint density at radius 1 is 0.821 bits per heavy atom. The molecule has 0 unspecified atom stereocenters. The number of anilines is 2. The van der Waals surface area contributed by atoms with Gasteiger partial charge in [-0.15, -0.1) is 0 Å². The molecule has 2 saturated heterocycles. The Balaban J connectivity index is 0.000000241. The molecule has 2 aliphatic heterocycles. The van der Waals surface area contributed by atoms with Gasteiger partial charge in [-0.2, -0.15) is 0 Å². The number of nitrogens with zero attached hydrogens (tertiary/aromatic N) is 4. The van der Waals surface area contributed by atoms with E-state index in [4.69, 9.17) is 0 Å². The van der Waals surface area contributed by atoms with E-state index in [2.05, 4.69) is 92.4 Å². The molecule has 0 amide bonds. The number of aryl methyl sites for hydroxylation is 1. The molecule has 0 aliphatic carbocycles. The van der Waals surface area contributed by atoms with Gasteiger partial charge in [0.2, 0.25) is 0 Å². The normalized spacial score (nSPS) is 15.1. The molecule has 0 aromatic carbocycles. The highest BCUT2D eigenvalue weighted by molar-refractivity contribution is 14.1. The second-order valence-electron chi connectivity index (χ2n) is 6.75. The van der Waals surface area contributed by atoms with Crippen molar-refractivity contribution in [1.29, 1.82) is 0 Å². The molecule has 2 aromatic rings. The molecule has 0 N–H and O–H groups in total. The van der Waals surface area contributed by atoms with Crippen molar-refractivity contribution >= 4 is 34.0 Å². The second kappa shape index (κ2) is 15.2. The minimum atomic E-state index is 0. The average Bonchev–Trinajstić information content (AvgIpc) is 3.44. The molecule has 0 radical (unpaired) electrons. The smallest absolute Gasteiger partial charge is 0.170 e. The maximum atomic E-state index is 3.99. The fraction of sp³-hybridized carbons (Fsp3) is 0.545. The lowest BCUT2D eigenvalue weighted by Crippen LogP contribution is -3.00. The van der Waals surface area contributed by atoms with Gasteiger partial charge in [-0.3, -0.25) is 4.98 Å². The van der Waals surface area contributed by atoms with Crippen molar-refractivity contribution in [3.63, 3.8) is 0 Å². The van der Waals surface area contributed by atoms with Gasteiger partial charge in [0, 0.05) is 62.1 Å². The lowest BCUT2D eigenvalue weighted by Gasteiger charge is -2.16. The first-order chi connectivity index (χ1) is 13.3. The Kier molecular flexibility index (Phi) is 13.8. The van der Waals surface area contributed by atoms with Crippen molar-refractivity contribution in [1.82, 2.24) is 4.98 Å². The minimum Gasteiger partial charge on any atom is -1.00 e. The highest BCUT2D eigenvalue weighted by atomic mass is 127. The summed E-state index contributed by atoms with van der Waals surface area (Å²) in [5.41, 5.74) is 2.69. The van der Waals surface area contributed by atoms with Gasteiger partial charge in [0.15, 0.2) is 12.4 Å². The van der Waals surface area contributed by atoms with Gasteiger partial charge >= 0.3 is 0 Å². The van der Waals surface area contributed by atoms with Crippen LogP contribution in [0.3, 0.4) is 0 Å². The van der Waals surface area contributed by atoms with Crippen LogP contribution in [0.15, 0.2) is 49.1 Å². The third-order valence-corrected chi connectivity index (χ3v) is 4.84. The highest BCUT2D eigenvalue weighted by Gasteiger charge is 2.12. The number of hydrogen-bond acceptors (Lipinski definition) is 3. The first kappa shape index (κ1) is 25.4. The van der Waals surface area contributed by atoms with E-state index < -0.39 is 0 Å². The predicted octanol–water partition coefficient (Wildman–Crippen LogP) is 1.72. The van der Waals surface area contributed by atoms with Crippen LogP contribution in [0.4, 0.5) is 11.4 Å². The fourth-order valence-corrected chi connectivity index (χ4v) is 3.38. The van der Waals surface area contributed by atoms with Gasteiger partial charge in [-0.05, 0) is 49.2 Å². The molecule has 0 bridgehead atoms. The molecule has 6 heteroatoms. The monoisotopic (exact) mass is 608 g/mol. The van der Waals surface area contributed by atoms with E-state index in [0.717, 1.165) is 6.54 Å². The lowest BCUT2D eigenvalue weighted by molar-refractivity contribution is -0.693. The summed E-state index contributed by atoms with van der Waals surface area (Å²) in [6.07, 6.45) is 13.4. The van der Waals surface area contributed by atoms with Gasteiger partial charge in [0.25, 0.3) is 0 Å². The van der Waals surface area contributed by atoms with Gasteiger partial charge in [-0.1, -0.05) is 29.5 Å². The summed E-state index contributed by atoms with van der Waals surface area (Å²) < 4.78 is 3.41. The van der Waals surface area contributed by atoms with Gasteiger partial charge in [0.05, 0.1) is 0 Å². The van der Waals surface area contributed by atoms with Crippen LogP contribution in [0.2, 0.25) is 0 Å². The molecule has 0 spiro atoms. The molecule has 2 fully saturated rings. The molecular weight excluding hydrogens is 574 g/mol. The maximum absolute atomic E-state index is 3.99. The van der Waals surface area contributed by atoms with Gasteiger partial charge in [0.1, 0.15) is 6.54 Å². The zero-order valence-corrected chi connectivity index (χ0v) is 21.5. The molecule has 156 valence electrons. The zero-order valence-electron chi connectivity index (χ0n) is 17.2. The number of alkyl halides is 1. The molecule has 2 aliphatic rings. The topological polar surface area (TPSA) is 23.2 Å². The minimum absolute atomic E-state index is 0. The first-order valence-corrected chi connectivity index (χ1v) is 11.8. The van der Waals surface area contributed by atoms with Crippen molar-refractivity contribution in [3.05, 3.63) is 49.1 Å². The fourth-order valence-electron chi connectivity index (χ4n) is 3.38. The molecule has 0 atom stereocenters. The molecule has 4 heterocycles. The third-order valence-electron chi connectivity index (χ3n) is 4.84. The first-order valence-electron chi connectivity index (χ1n) is 10.2. The molecule has 4 nitrogen and oxygen atoms in total. The Labute approximate surface area is 201 Å². The van der Waals surface area contributed by atoms with E-state index in [9.17, 15) is 0 Å². The number of aromatic nitrogens is 2. The Hall–Kier alpha value is -0.640. The van der Waals surface area contributed by atoms with Gasteiger partial charge in [-0.25, -0.2) is 4.57 Å². The van der Waals surface area contributed by atoms with Crippen molar-refractivity contribution in [3.8, 4) is 0 Å². The zero-order chi connectivity index (χ0) is 19.3. The van der Waals surface area contributed by atoms with Crippen molar-refractivity contribution < 1.29 is 28.5 Å². The third kappa shape index (κ3) is 8.80. The number of pyridine rings is 2. The summed E-state index contributed by atoms with van der Waals surface area (Å²) in [5.74, 6) is 0. The van der Waals surface area contributed by atoms with Crippen LogP contribution in [0.5, 0.6) is 0 Å². The van der Waals surface area contributed by atoms with E-state index in [0.29, 0.717) is 0 Å². The summed E-state index contributed by atoms with van der Waals surface area (Å²) in [6.45, 7) is 10.2. The number of halogens is 2. The summed E-state index contributed by atoms with van der Waals surface area (Å²) in [7, 11) is 0. The van der Waals surface area contributed by atoms with Crippen LogP contribution in [-0.4, -0.2) is 35.6 Å². The standard InChI is InChI=1S/C11H17N2.C9H12N2.C2H5I.HI/c1-2-12-9-5-11(6-10-12)13-7-3-4-8-13;1-2-8-11(7-1)9-3-5-10-6-4-9;1-2-3;/h5-6,9-10H,2-4,7-8H2,1H3;3-6H,1-2,7-8H2;2H2,1H3;1H/q+1;;;/p-1. The Morgan fingerprint density at radius 3 is 1.61 bits per heavy atom. The van der Waals surface area contributed by atoms with E-state index in [-0.39, 0.29) is 24.0 Å². The van der Waals surface area contributed by atoms with Crippen LogP contribution >= 0.6 is 22.6 Å². The summed E-state index contributed by atoms with van der Waals surface area (Å²) in [6, 6.07) is 8.58. The predicted molar refractivity (Wildman–Crippen MR) is 124 cm³/mol. The Bertz CT molecular complexity index is 610. The molecular formula is C22H34I2N4. The van der Waals surface area contributed by atoms with Crippen LogP contribution in [0.1, 0.15) is 39.5 Å². The van der Waals surface area contributed by atoms with Crippen molar-refractivity contribution in [2.45, 2.75) is 46.1 Å². The summed E-state index contributed by atoms with van der Waals surface area (Å²) >= 11 is 2.29. The molecule has 4 rings (SSSR count). The SMILES string of the molecule is CCI.CC[n+]1ccc(N2CCCC2)cc1.[I-].c1cc(N2CCCC2)ccn1. The van der Waals surface area contributed by atoms with E-state index in [1.165, 1.54) is 67.7 Å². The van der Waals surface area contributed by atoms with Crippen LogP contribution in [0, 0.1) is 0 Å². The lowest BCUT2D eigenvalue weighted by atomic mass is 10.3. The Morgan fingerprint density at radius 2 is 1.21 bits per heavy atom. The number of hydrogen-bond donors (Lipinski definition) is 0. The highest BCUT2D eigenvalue weighted by Crippen LogP contribution is 2.18. The van der Waals surface area contributed by atoms with E-state index in [1.807, 2.05) is 12.4 Å². The van der Waals surface area contributed by atoms with Crippen LogP contribution in [0.25, 0.3) is 0 Å². The summed E-state index contributed by atoms with van der Waals surface area (Å²) in [4.78, 5) is 8.85. The van der Waals surface area contributed by atoms with Crippen molar-refractivity contribution in [2.75, 3.05) is 40.4 Å². The molecule has 28 heavy (non-hydrogen) atoms. The quantitative estimate of drug-likeness (QED) is 0.302. The number of rotatable bonds is 3. The average molecular weight is 608 g/mol. The largest absolute Gasteiger partial charge is 1.00 e. The van der Waals surface area contributed by atoms with Crippen LogP contribution in [-0.2, 0) is 6.54 Å². The van der Waals surface area contributed by atoms with Crippen LogP contribution < -0.4 is 38.3 Å². The van der Waals surface area contributed by atoms with E-state index in [1.54, 1.807) is 0 Å². The van der Waals surface area contributed by atoms with Crippen molar-refractivity contribution in [2.24, 2.45) is 0 Å². The molecule has 2 aromatic heterocycles. The molecule has 0 saturated carbocycles. The summed E-state index contributed by atoms with van der Waals surface area (Å²) in [5, 5.41) is 0.